The van der Waals surface area contributed by atoms with Crippen molar-refractivity contribution in [1.82, 2.24) is 10.2 Å². The molecule has 0 bridgehead atoms. The summed E-state index contributed by atoms with van der Waals surface area (Å²) >= 11 is 0. The summed E-state index contributed by atoms with van der Waals surface area (Å²) in [5.41, 5.74) is 3.67. The number of nitrogens with zero attached hydrogens (tertiary/aromatic N) is 2. The number of carbonyl (C=O) groups excluding carboxylic acids is 2. The largest absolute Gasteiger partial charge is 0.494 e. The molecule has 0 fully saturated rings. The third-order valence-corrected chi connectivity index (χ3v) is 5.69. The number of hydrogen-bond acceptors (Lipinski definition) is 6. The lowest BCUT2D eigenvalue weighted by molar-refractivity contribution is 0.0526. The fourth-order valence-electron chi connectivity index (χ4n) is 4.22. The van der Waals surface area contributed by atoms with Crippen molar-refractivity contribution in [3.05, 3.63) is 89.3 Å². The summed E-state index contributed by atoms with van der Waals surface area (Å²) in [5, 5.41) is 7.30. The molecule has 2 aromatic heterocycles. The summed E-state index contributed by atoms with van der Waals surface area (Å²) in [4.78, 5) is 27.3. The van der Waals surface area contributed by atoms with Gasteiger partial charge < -0.3 is 13.9 Å². The fourth-order valence-corrected chi connectivity index (χ4v) is 4.22. The summed E-state index contributed by atoms with van der Waals surface area (Å²) in [7, 11) is 0. The molecule has 8 heteroatoms. The number of ether oxygens (including phenoxy) is 2. The molecular weight excluding hydrogens is 434 g/mol. The topological polar surface area (TPSA) is 97.7 Å². The molecule has 1 amide bonds. The van der Waals surface area contributed by atoms with Gasteiger partial charge in [0, 0.05) is 11.3 Å². The van der Waals surface area contributed by atoms with Crippen LogP contribution in [0, 0.1) is 0 Å². The summed E-state index contributed by atoms with van der Waals surface area (Å²) in [6.45, 7) is 4.54. The Labute approximate surface area is 196 Å². The van der Waals surface area contributed by atoms with Gasteiger partial charge in [-0.05, 0) is 67.9 Å². The van der Waals surface area contributed by atoms with Crippen LogP contribution in [0.2, 0.25) is 0 Å². The summed E-state index contributed by atoms with van der Waals surface area (Å²) in [5.74, 6) is 0.696. The van der Waals surface area contributed by atoms with Gasteiger partial charge in [0.1, 0.15) is 11.4 Å². The molecule has 1 aliphatic rings. The minimum atomic E-state index is -0.453. The maximum absolute atomic E-state index is 13.6. The summed E-state index contributed by atoms with van der Waals surface area (Å²) < 4.78 is 16.3. The zero-order valence-corrected chi connectivity index (χ0v) is 18.8. The van der Waals surface area contributed by atoms with Gasteiger partial charge in [0.2, 0.25) is 0 Å². The smallest absolute Gasteiger partial charge is 0.338 e. The molecule has 0 spiro atoms. The Hall–Kier alpha value is -4.33. The Morgan fingerprint density at radius 2 is 1.82 bits per heavy atom. The number of rotatable bonds is 7. The van der Waals surface area contributed by atoms with Crippen molar-refractivity contribution in [3.63, 3.8) is 0 Å². The standard InChI is InChI=1S/C26H23N3O5/c1-3-32-19-13-9-16(10-14-19)24-21-22(20-6-5-15-34-20)27-28-23(21)25(30)29(24)18-11-7-17(8-12-18)26(31)33-4-2/h5-15,24H,3-4H2,1-2H3,(H,27,28)/t24-/m1/s1. The molecular formula is C26H23N3O5. The van der Waals surface area contributed by atoms with Crippen molar-refractivity contribution in [2.75, 3.05) is 18.1 Å². The van der Waals surface area contributed by atoms with E-state index in [4.69, 9.17) is 13.9 Å². The van der Waals surface area contributed by atoms with Crippen LogP contribution in [-0.2, 0) is 4.74 Å². The number of aromatic nitrogens is 2. The van der Waals surface area contributed by atoms with Crippen molar-refractivity contribution < 1.29 is 23.5 Å². The maximum atomic E-state index is 13.6. The first kappa shape index (κ1) is 21.5. The normalized spacial score (nSPS) is 14.8. The van der Waals surface area contributed by atoms with Crippen molar-refractivity contribution in [2.24, 2.45) is 0 Å². The highest BCUT2D eigenvalue weighted by atomic mass is 16.5. The number of esters is 1. The monoisotopic (exact) mass is 457 g/mol. The molecule has 4 aromatic rings. The Morgan fingerprint density at radius 3 is 2.47 bits per heavy atom. The number of benzene rings is 2. The first-order valence-electron chi connectivity index (χ1n) is 11.1. The van der Waals surface area contributed by atoms with Gasteiger partial charge in [0.15, 0.2) is 11.5 Å². The highest BCUT2D eigenvalue weighted by molar-refractivity contribution is 6.11. The van der Waals surface area contributed by atoms with Gasteiger partial charge in [-0.1, -0.05) is 12.1 Å². The van der Waals surface area contributed by atoms with E-state index >= 15 is 0 Å². The van der Waals surface area contributed by atoms with Crippen LogP contribution in [0.4, 0.5) is 5.69 Å². The third-order valence-electron chi connectivity index (χ3n) is 5.69. The van der Waals surface area contributed by atoms with E-state index in [-0.39, 0.29) is 5.91 Å². The van der Waals surface area contributed by atoms with E-state index in [1.54, 1.807) is 48.4 Å². The highest BCUT2D eigenvalue weighted by Gasteiger charge is 2.43. The average Bonchev–Trinajstić information content (AvgIpc) is 3.58. The van der Waals surface area contributed by atoms with Crippen molar-refractivity contribution in [3.8, 4) is 17.2 Å². The van der Waals surface area contributed by atoms with Crippen LogP contribution in [0.5, 0.6) is 5.75 Å². The van der Waals surface area contributed by atoms with Crippen LogP contribution < -0.4 is 9.64 Å². The van der Waals surface area contributed by atoms with E-state index in [0.29, 0.717) is 41.6 Å². The van der Waals surface area contributed by atoms with E-state index in [9.17, 15) is 9.59 Å². The zero-order chi connectivity index (χ0) is 23.7. The molecule has 1 aliphatic heterocycles. The zero-order valence-electron chi connectivity index (χ0n) is 18.8. The minimum Gasteiger partial charge on any atom is -0.494 e. The molecule has 0 saturated carbocycles. The Balaban J connectivity index is 1.60. The van der Waals surface area contributed by atoms with Gasteiger partial charge in [0.25, 0.3) is 5.91 Å². The van der Waals surface area contributed by atoms with E-state index in [0.717, 1.165) is 16.9 Å². The second kappa shape index (κ2) is 8.90. The van der Waals surface area contributed by atoms with Crippen molar-refractivity contribution in [1.29, 1.82) is 0 Å². The molecule has 1 atom stereocenters. The van der Waals surface area contributed by atoms with Crippen molar-refractivity contribution >= 4 is 17.6 Å². The highest BCUT2D eigenvalue weighted by Crippen LogP contribution is 2.45. The first-order chi connectivity index (χ1) is 16.6. The van der Waals surface area contributed by atoms with Gasteiger partial charge >= 0.3 is 5.97 Å². The number of carbonyl (C=O) groups is 2. The Morgan fingerprint density at radius 1 is 1.06 bits per heavy atom. The Kier molecular flexibility index (Phi) is 5.63. The van der Waals surface area contributed by atoms with E-state index in [1.807, 2.05) is 37.3 Å². The average molecular weight is 457 g/mol. The number of anilines is 1. The number of amides is 1. The van der Waals surface area contributed by atoms with Crippen LogP contribution in [0.15, 0.2) is 71.3 Å². The quantitative estimate of drug-likeness (QED) is 0.393. The number of hydrogen-bond donors (Lipinski definition) is 1. The van der Waals surface area contributed by atoms with Gasteiger partial charge in [-0.25, -0.2) is 4.79 Å². The third kappa shape index (κ3) is 3.63. The predicted octanol–water partition coefficient (Wildman–Crippen LogP) is 4.99. The number of furan rings is 1. The molecule has 0 unspecified atom stereocenters. The summed E-state index contributed by atoms with van der Waals surface area (Å²) in [6.07, 6.45) is 1.58. The van der Waals surface area contributed by atoms with Crippen LogP contribution in [0.25, 0.3) is 11.5 Å². The van der Waals surface area contributed by atoms with E-state index in [1.165, 1.54) is 0 Å². The van der Waals surface area contributed by atoms with Crippen LogP contribution in [0.1, 0.15) is 51.9 Å². The molecule has 0 saturated heterocycles. The van der Waals surface area contributed by atoms with Gasteiger partial charge in [-0.15, -0.1) is 0 Å². The molecule has 0 aliphatic carbocycles. The molecule has 172 valence electrons. The SMILES string of the molecule is CCOC(=O)c1ccc(N2C(=O)c3n[nH]c(-c4ccco4)c3[C@H]2c2ccc(OCC)cc2)cc1. The van der Waals surface area contributed by atoms with Crippen molar-refractivity contribution in [2.45, 2.75) is 19.9 Å². The van der Waals surface area contributed by atoms with Gasteiger partial charge in [-0.3, -0.25) is 14.8 Å². The molecule has 2 aromatic carbocycles. The predicted molar refractivity (Wildman–Crippen MR) is 125 cm³/mol. The van der Waals surface area contributed by atoms with E-state index < -0.39 is 12.0 Å². The van der Waals surface area contributed by atoms with Gasteiger partial charge in [-0.2, -0.15) is 5.10 Å². The number of fused-ring (bicyclic) bond motifs is 1. The lowest BCUT2D eigenvalue weighted by Crippen LogP contribution is -2.29. The lowest BCUT2D eigenvalue weighted by atomic mass is 9.97. The fraction of sp³-hybridized carbons (Fsp3) is 0.192. The number of H-pyrrole nitrogens is 1. The molecule has 34 heavy (non-hydrogen) atoms. The number of aromatic amines is 1. The molecule has 0 radical (unpaired) electrons. The maximum Gasteiger partial charge on any atom is 0.338 e. The molecule has 3 heterocycles. The Bertz CT molecular complexity index is 1310. The number of nitrogens with one attached hydrogen (secondary N) is 1. The summed E-state index contributed by atoms with van der Waals surface area (Å²) in [6, 6.07) is 17.6. The first-order valence-corrected chi connectivity index (χ1v) is 11.1. The molecule has 8 nitrogen and oxygen atoms in total. The van der Waals surface area contributed by atoms with E-state index in [2.05, 4.69) is 10.2 Å². The van der Waals surface area contributed by atoms with Crippen LogP contribution in [0.3, 0.4) is 0 Å². The van der Waals surface area contributed by atoms with Crippen LogP contribution >= 0.6 is 0 Å². The van der Waals surface area contributed by atoms with Crippen LogP contribution in [-0.4, -0.2) is 35.3 Å². The second-order valence-electron chi connectivity index (χ2n) is 7.69. The lowest BCUT2D eigenvalue weighted by Gasteiger charge is -2.26. The molecule has 1 N–H and O–H groups in total. The minimum absolute atomic E-state index is 0.244. The van der Waals surface area contributed by atoms with Gasteiger partial charge in [0.05, 0.1) is 31.1 Å². The second-order valence-corrected chi connectivity index (χ2v) is 7.69. The molecule has 5 rings (SSSR count).